The number of rotatable bonds is 11. The molecule has 1 atom stereocenters. The first-order valence-corrected chi connectivity index (χ1v) is 18.4. The van der Waals surface area contributed by atoms with Gasteiger partial charge in [-0.1, -0.05) is 19.6 Å². The minimum absolute atomic E-state index is 0.180. The topological polar surface area (TPSA) is 119 Å². The van der Waals surface area contributed by atoms with Crippen molar-refractivity contribution >= 4 is 25.2 Å². The summed E-state index contributed by atoms with van der Waals surface area (Å²) in [5.41, 5.74) is 3.91. The van der Waals surface area contributed by atoms with E-state index in [1.165, 1.54) is 11.8 Å². The van der Waals surface area contributed by atoms with Gasteiger partial charge in [0.2, 0.25) is 11.8 Å². The molecule has 1 aliphatic heterocycles. The van der Waals surface area contributed by atoms with Crippen molar-refractivity contribution in [3.63, 3.8) is 0 Å². The Kier molecular flexibility index (Phi) is 8.09. The van der Waals surface area contributed by atoms with E-state index in [9.17, 15) is 13.6 Å². The van der Waals surface area contributed by atoms with E-state index in [1.807, 2.05) is 16.7 Å². The van der Waals surface area contributed by atoms with E-state index in [2.05, 4.69) is 30.1 Å². The van der Waals surface area contributed by atoms with Crippen molar-refractivity contribution < 1.29 is 32.5 Å². The molecule has 5 heterocycles. The molecule has 0 bridgehead atoms. The number of methoxy groups -OCH3 is 1. The minimum Gasteiger partial charge on any atom is -0.475 e. The van der Waals surface area contributed by atoms with Gasteiger partial charge in [0, 0.05) is 51.0 Å². The molecule has 0 radical (unpaired) electrons. The molecule has 4 aromatic rings. The number of amides is 1. The maximum Gasteiger partial charge on any atom is 0.407 e. The SMILES string of the molecule is COC(=O)N[C@@H]1COc2c(-c3c(-c4cn(C)nc4OC(F)F)c4cccnc4n3COCC[Si](C)(C)C)c(C3CC3)nn2C1. The van der Waals surface area contributed by atoms with E-state index in [1.54, 1.807) is 24.1 Å². The molecule has 0 aromatic carbocycles. The third-order valence-corrected chi connectivity index (χ3v) is 9.46. The number of alkyl halides is 2. The molecule has 2 aliphatic rings. The Morgan fingerprint density at radius 1 is 1.23 bits per heavy atom. The summed E-state index contributed by atoms with van der Waals surface area (Å²) in [5, 5.41) is 12.7. The molecule has 1 saturated carbocycles. The summed E-state index contributed by atoms with van der Waals surface area (Å²) in [7, 11) is 1.61. The van der Waals surface area contributed by atoms with Crippen LogP contribution >= 0.6 is 0 Å². The van der Waals surface area contributed by atoms with Crippen LogP contribution < -0.4 is 14.8 Å². The van der Waals surface area contributed by atoms with E-state index < -0.39 is 20.8 Å². The van der Waals surface area contributed by atoms with E-state index >= 15 is 0 Å². The maximum absolute atomic E-state index is 13.6. The molecule has 15 heteroatoms. The Bertz CT molecular complexity index is 1670. The number of carbonyl (C=O) groups excluding carboxylic acids is 1. The summed E-state index contributed by atoms with van der Waals surface area (Å²) in [6.07, 6.45) is 4.73. The molecule has 1 amide bonds. The summed E-state index contributed by atoms with van der Waals surface area (Å²) < 4.78 is 54.7. The van der Waals surface area contributed by atoms with Gasteiger partial charge in [-0.3, -0.25) is 4.68 Å². The Morgan fingerprint density at radius 2 is 2.02 bits per heavy atom. The van der Waals surface area contributed by atoms with Gasteiger partial charge in [0.1, 0.15) is 19.0 Å². The van der Waals surface area contributed by atoms with Crippen LogP contribution in [0.15, 0.2) is 24.5 Å². The van der Waals surface area contributed by atoms with E-state index in [-0.39, 0.29) is 31.2 Å². The Labute approximate surface area is 254 Å². The van der Waals surface area contributed by atoms with Crippen molar-refractivity contribution in [2.24, 2.45) is 7.05 Å². The van der Waals surface area contributed by atoms with Gasteiger partial charge in [-0.05, 0) is 31.0 Å². The molecule has 4 aromatic heterocycles. The van der Waals surface area contributed by atoms with E-state index in [4.69, 9.17) is 29.0 Å². The molecular formula is C29H37F2N7O5Si. The first-order chi connectivity index (χ1) is 21.0. The number of hydrogen-bond acceptors (Lipinski definition) is 8. The zero-order valence-electron chi connectivity index (χ0n) is 25.5. The van der Waals surface area contributed by atoms with Crippen molar-refractivity contribution in [3.8, 4) is 34.1 Å². The summed E-state index contributed by atoms with van der Waals surface area (Å²) in [4.78, 5) is 16.7. The van der Waals surface area contributed by atoms with Gasteiger partial charge in [-0.15, -0.1) is 5.10 Å². The highest BCUT2D eigenvalue weighted by Gasteiger charge is 2.39. The van der Waals surface area contributed by atoms with Gasteiger partial charge < -0.3 is 28.8 Å². The second-order valence-corrected chi connectivity index (χ2v) is 18.1. The summed E-state index contributed by atoms with van der Waals surface area (Å²) in [6, 6.07) is 4.34. The van der Waals surface area contributed by atoms with Crippen LogP contribution in [-0.2, 0) is 29.8 Å². The lowest BCUT2D eigenvalue weighted by molar-refractivity contribution is -0.0527. The van der Waals surface area contributed by atoms with Crippen molar-refractivity contribution in [3.05, 3.63) is 30.2 Å². The van der Waals surface area contributed by atoms with Crippen LogP contribution in [0.1, 0.15) is 24.5 Å². The lowest BCUT2D eigenvalue weighted by Gasteiger charge is -2.25. The highest BCUT2D eigenvalue weighted by Crippen LogP contribution is 2.52. The van der Waals surface area contributed by atoms with Crippen molar-refractivity contribution in [1.82, 2.24) is 34.4 Å². The third-order valence-electron chi connectivity index (χ3n) is 7.76. The highest BCUT2D eigenvalue weighted by molar-refractivity contribution is 6.76. The number of hydrogen-bond donors (Lipinski definition) is 1. The fraction of sp³-hybridized carbons (Fsp3) is 0.517. The lowest BCUT2D eigenvalue weighted by Crippen LogP contribution is -2.44. The number of alkyl carbamates (subject to hydrolysis) is 1. The smallest absolute Gasteiger partial charge is 0.407 e. The molecular weight excluding hydrogens is 592 g/mol. The van der Waals surface area contributed by atoms with E-state index in [0.29, 0.717) is 41.5 Å². The number of nitrogens with one attached hydrogen (secondary N) is 1. The predicted molar refractivity (Wildman–Crippen MR) is 161 cm³/mol. The van der Waals surface area contributed by atoms with Gasteiger partial charge in [-0.2, -0.15) is 13.9 Å². The van der Waals surface area contributed by atoms with Crippen LogP contribution in [0.25, 0.3) is 33.4 Å². The van der Waals surface area contributed by atoms with Crippen LogP contribution in [0.5, 0.6) is 11.8 Å². The predicted octanol–water partition coefficient (Wildman–Crippen LogP) is 5.21. The fourth-order valence-electron chi connectivity index (χ4n) is 5.53. The summed E-state index contributed by atoms with van der Waals surface area (Å²) in [5.74, 6) is 0.537. The number of aromatic nitrogens is 6. The summed E-state index contributed by atoms with van der Waals surface area (Å²) >= 11 is 0. The van der Waals surface area contributed by atoms with Crippen LogP contribution in [0.4, 0.5) is 13.6 Å². The van der Waals surface area contributed by atoms with Crippen molar-refractivity contribution in [2.75, 3.05) is 20.3 Å². The summed E-state index contributed by atoms with van der Waals surface area (Å²) in [6.45, 7) is 5.14. The van der Waals surface area contributed by atoms with Gasteiger partial charge >= 0.3 is 12.7 Å². The minimum atomic E-state index is -3.06. The van der Waals surface area contributed by atoms with Crippen LogP contribution in [-0.4, -0.2) is 76.3 Å². The normalized spacial score (nSPS) is 16.7. The average molecular weight is 630 g/mol. The number of fused-ring (bicyclic) bond motifs is 2. The van der Waals surface area contributed by atoms with Crippen LogP contribution in [0.3, 0.4) is 0 Å². The highest BCUT2D eigenvalue weighted by atomic mass is 28.3. The van der Waals surface area contributed by atoms with Gasteiger partial charge in [-0.25, -0.2) is 14.5 Å². The van der Waals surface area contributed by atoms with E-state index in [0.717, 1.165) is 35.5 Å². The first kappa shape index (κ1) is 30.1. The Hall–Kier alpha value is -3.98. The zero-order valence-corrected chi connectivity index (χ0v) is 26.5. The molecule has 1 N–H and O–H groups in total. The molecule has 44 heavy (non-hydrogen) atoms. The second-order valence-electron chi connectivity index (χ2n) is 12.4. The first-order valence-electron chi connectivity index (χ1n) is 14.7. The number of carbonyl (C=O) groups is 1. The van der Waals surface area contributed by atoms with Gasteiger partial charge in [0.05, 0.1) is 42.2 Å². The number of halogens is 2. The second kappa shape index (κ2) is 11.8. The van der Waals surface area contributed by atoms with Crippen molar-refractivity contribution in [1.29, 1.82) is 0 Å². The molecule has 0 spiro atoms. The molecule has 236 valence electrons. The van der Waals surface area contributed by atoms with Crippen LogP contribution in [0, 0.1) is 0 Å². The standard InChI is InChI=1S/C29H37F2N7O5Si/c1-36-14-20(26(35-36)43-28(30)31)21-19-7-6-10-32-25(19)37(16-41-11-12-44(3,4)5)24(21)22-23(17-8-9-17)34-38-13-18(15-42-27(22)38)33-29(39)40-2/h6-7,10,14,17-18,28H,8-9,11-13,15-16H2,1-5H3,(H,33,39)/t18-/m0/s1. The van der Waals surface area contributed by atoms with Crippen molar-refractivity contribution in [2.45, 2.75) is 70.4 Å². The largest absolute Gasteiger partial charge is 0.475 e. The zero-order chi connectivity index (χ0) is 31.2. The maximum atomic E-state index is 13.6. The number of nitrogens with zero attached hydrogens (tertiary/aromatic N) is 6. The monoisotopic (exact) mass is 629 g/mol. The van der Waals surface area contributed by atoms with Gasteiger partial charge in [0.25, 0.3) is 0 Å². The fourth-order valence-corrected chi connectivity index (χ4v) is 6.29. The Balaban J connectivity index is 1.56. The number of pyridine rings is 1. The average Bonchev–Trinajstić information content (AvgIpc) is 3.56. The quantitative estimate of drug-likeness (QED) is 0.178. The molecule has 12 nitrogen and oxygen atoms in total. The molecule has 1 fully saturated rings. The third kappa shape index (κ3) is 6.02. The lowest BCUT2D eigenvalue weighted by atomic mass is 9.99. The molecule has 0 saturated heterocycles. The molecule has 6 rings (SSSR count). The van der Waals surface area contributed by atoms with Gasteiger partial charge in [0.15, 0.2) is 0 Å². The Morgan fingerprint density at radius 3 is 2.73 bits per heavy atom. The molecule has 0 unspecified atom stereocenters. The van der Waals surface area contributed by atoms with Crippen LogP contribution in [0.2, 0.25) is 25.7 Å². The number of aryl methyl sites for hydroxylation is 1. The number of ether oxygens (including phenoxy) is 4. The molecule has 1 aliphatic carbocycles.